The number of rotatable bonds is 7. The number of piperidine rings is 1. The minimum atomic E-state index is 0.135. The molecule has 2 aliphatic heterocycles. The molecule has 35 heavy (non-hydrogen) atoms. The van der Waals surface area contributed by atoms with Crippen molar-refractivity contribution in [2.24, 2.45) is 15.9 Å². The summed E-state index contributed by atoms with van der Waals surface area (Å²) in [6.07, 6.45) is 12.8. The quantitative estimate of drug-likeness (QED) is 0.344. The number of hydrogen-bond donors (Lipinski definition) is 1. The smallest absolute Gasteiger partial charge is 0.249 e. The molecule has 0 bridgehead atoms. The summed E-state index contributed by atoms with van der Waals surface area (Å²) in [5.74, 6) is 0.533. The number of amides is 1. The number of aliphatic imine (C=N–C) groups is 2. The Morgan fingerprint density at radius 1 is 1.31 bits per heavy atom. The molecule has 0 aromatic heterocycles. The van der Waals surface area contributed by atoms with E-state index in [4.69, 9.17) is 4.99 Å². The van der Waals surface area contributed by atoms with Crippen LogP contribution in [0, 0.1) is 5.92 Å². The molecule has 1 fully saturated rings. The van der Waals surface area contributed by atoms with Crippen molar-refractivity contribution in [3.05, 3.63) is 81.1 Å². The number of carbonyl (C=O) groups excluding carboxylic acids is 1. The van der Waals surface area contributed by atoms with Gasteiger partial charge in [-0.25, -0.2) is 0 Å². The minimum absolute atomic E-state index is 0.135. The molecular formula is C29H37BrN4O. The van der Waals surface area contributed by atoms with Crippen LogP contribution < -0.4 is 5.32 Å². The van der Waals surface area contributed by atoms with Crippen LogP contribution >= 0.6 is 15.9 Å². The van der Waals surface area contributed by atoms with Crippen LogP contribution in [0.1, 0.15) is 51.7 Å². The van der Waals surface area contributed by atoms with E-state index in [0.29, 0.717) is 12.5 Å². The molecule has 1 atom stereocenters. The van der Waals surface area contributed by atoms with E-state index >= 15 is 0 Å². The number of aryl methyl sites for hydroxylation is 1. The molecule has 0 radical (unpaired) electrons. The predicted molar refractivity (Wildman–Crippen MR) is 151 cm³/mol. The van der Waals surface area contributed by atoms with Gasteiger partial charge in [-0.15, -0.1) is 0 Å². The summed E-state index contributed by atoms with van der Waals surface area (Å²) in [6, 6.07) is 8.44. The van der Waals surface area contributed by atoms with Crippen molar-refractivity contribution >= 4 is 33.8 Å². The van der Waals surface area contributed by atoms with Gasteiger partial charge in [-0.05, 0) is 73.5 Å². The first-order valence-corrected chi connectivity index (χ1v) is 13.3. The lowest BCUT2D eigenvalue weighted by Crippen LogP contribution is -2.43. The fourth-order valence-electron chi connectivity index (χ4n) is 4.37. The Balaban J connectivity index is 1.77. The Bertz CT molecular complexity index is 1090. The molecule has 1 amide bonds. The predicted octanol–water partition coefficient (Wildman–Crippen LogP) is 5.98. The first-order valence-electron chi connectivity index (χ1n) is 12.5. The van der Waals surface area contributed by atoms with Gasteiger partial charge in [-0.1, -0.05) is 49.4 Å². The van der Waals surface area contributed by atoms with Crippen LogP contribution in [0.15, 0.2) is 80.0 Å². The van der Waals surface area contributed by atoms with Crippen LogP contribution in [-0.2, 0) is 11.2 Å². The van der Waals surface area contributed by atoms with Crippen LogP contribution in [0.25, 0.3) is 0 Å². The van der Waals surface area contributed by atoms with E-state index < -0.39 is 0 Å². The number of nitrogens with one attached hydrogen (secondary N) is 1. The summed E-state index contributed by atoms with van der Waals surface area (Å²) >= 11 is 3.61. The van der Waals surface area contributed by atoms with Crippen LogP contribution in [-0.4, -0.2) is 48.9 Å². The Morgan fingerprint density at radius 3 is 2.89 bits per heavy atom. The lowest BCUT2D eigenvalue weighted by atomic mass is 9.97. The highest BCUT2D eigenvalue weighted by Crippen LogP contribution is 2.20. The van der Waals surface area contributed by atoms with E-state index in [1.54, 1.807) is 0 Å². The summed E-state index contributed by atoms with van der Waals surface area (Å²) in [7, 11) is 0. The molecule has 0 spiro atoms. The highest BCUT2D eigenvalue weighted by molar-refractivity contribution is 9.12. The van der Waals surface area contributed by atoms with E-state index in [2.05, 4.69) is 63.5 Å². The van der Waals surface area contributed by atoms with E-state index in [9.17, 15) is 4.79 Å². The molecular weight excluding hydrogens is 500 g/mol. The maximum atomic E-state index is 12.8. The van der Waals surface area contributed by atoms with Crippen molar-refractivity contribution in [2.45, 2.75) is 47.0 Å². The third-order valence-electron chi connectivity index (χ3n) is 6.39. The SMILES string of the molecule is C/C=C\C=C(/C)C(=O)N1CCCC(CN/C2=C/C(c3ccccc3CC)=N\C(C)=C(/Br)C=NC2)C1. The molecule has 1 N–H and O–H groups in total. The van der Waals surface area contributed by atoms with Gasteiger partial charge >= 0.3 is 0 Å². The van der Waals surface area contributed by atoms with E-state index in [1.807, 2.05) is 50.1 Å². The fraction of sp³-hybridized carbons (Fsp3) is 0.414. The van der Waals surface area contributed by atoms with Gasteiger partial charge in [0.1, 0.15) is 0 Å². The molecule has 1 saturated heterocycles. The molecule has 0 aliphatic carbocycles. The second kappa shape index (κ2) is 13.4. The number of hydrogen-bond acceptors (Lipinski definition) is 4. The highest BCUT2D eigenvalue weighted by atomic mass is 79.9. The van der Waals surface area contributed by atoms with Gasteiger partial charge in [0.25, 0.3) is 0 Å². The zero-order chi connectivity index (χ0) is 25.2. The monoisotopic (exact) mass is 536 g/mol. The number of carbonyl (C=O) groups is 1. The molecule has 6 heteroatoms. The molecule has 1 aromatic rings. The Hall–Kier alpha value is -2.73. The van der Waals surface area contributed by atoms with E-state index in [0.717, 1.165) is 71.6 Å². The Morgan fingerprint density at radius 2 is 2.11 bits per heavy atom. The molecule has 1 aromatic carbocycles. The van der Waals surface area contributed by atoms with Crippen molar-refractivity contribution in [3.8, 4) is 0 Å². The van der Waals surface area contributed by atoms with Gasteiger partial charge in [-0.3, -0.25) is 14.8 Å². The van der Waals surface area contributed by atoms with Crippen LogP contribution in [0.2, 0.25) is 0 Å². The van der Waals surface area contributed by atoms with Gasteiger partial charge in [0, 0.05) is 42.7 Å². The van der Waals surface area contributed by atoms with Crippen LogP contribution in [0.5, 0.6) is 0 Å². The van der Waals surface area contributed by atoms with Gasteiger partial charge < -0.3 is 10.2 Å². The van der Waals surface area contributed by atoms with Gasteiger partial charge in [-0.2, -0.15) is 0 Å². The van der Waals surface area contributed by atoms with Crippen molar-refractivity contribution in [3.63, 3.8) is 0 Å². The number of likely N-dealkylation sites (tertiary alicyclic amines) is 1. The maximum absolute atomic E-state index is 12.8. The van der Waals surface area contributed by atoms with Gasteiger partial charge in [0.15, 0.2) is 0 Å². The van der Waals surface area contributed by atoms with Gasteiger partial charge in [0.05, 0.1) is 22.4 Å². The standard InChI is InChI=1S/C29H37BrN4O/c1-5-7-11-21(3)29(35)34-15-10-12-23(20-34)17-32-25-16-28(26-14-9-8-13-24(26)6-2)33-22(4)27(30)19-31-18-25/h5,7-9,11,13-14,16,19,23,32H,6,10,12,15,17-18,20H2,1-4H3/b7-5-,21-11+,25-16+,27-22-,31-19?,33-28+. The maximum Gasteiger partial charge on any atom is 0.249 e. The van der Waals surface area contributed by atoms with Crippen LogP contribution in [0.3, 0.4) is 0 Å². The fourth-order valence-corrected chi connectivity index (χ4v) is 4.60. The molecule has 1 unspecified atom stereocenters. The number of allylic oxidation sites excluding steroid dienone is 6. The summed E-state index contributed by atoms with van der Waals surface area (Å²) < 4.78 is 0.890. The Kier molecular flexibility index (Phi) is 10.3. The van der Waals surface area contributed by atoms with Crippen molar-refractivity contribution in [1.82, 2.24) is 10.2 Å². The van der Waals surface area contributed by atoms with E-state index in [1.165, 1.54) is 5.56 Å². The van der Waals surface area contributed by atoms with Crippen molar-refractivity contribution < 1.29 is 4.79 Å². The Labute approximate surface area is 218 Å². The lowest BCUT2D eigenvalue weighted by Gasteiger charge is -2.33. The molecule has 2 aliphatic rings. The summed E-state index contributed by atoms with van der Waals surface area (Å²) in [6.45, 7) is 11.0. The highest BCUT2D eigenvalue weighted by Gasteiger charge is 2.24. The first kappa shape index (κ1) is 26.9. The first-order chi connectivity index (χ1) is 16.9. The molecule has 0 saturated carbocycles. The third kappa shape index (κ3) is 7.63. The summed E-state index contributed by atoms with van der Waals surface area (Å²) in [4.78, 5) is 24.4. The zero-order valence-electron chi connectivity index (χ0n) is 21.4. The summed E-state index contributed by atoms with van der Waals surface area (Å²) in [5.41, 5.74) is 6.08. The number of benzene rings is 1. The molecule has 186 valence electrons. The number of nitrogens with zero attached hydrogens (tertiary/aromatic N) is 3. The molecule has 3 rings (SSSR count). The van der Waals surface area contributed by atoms with E-state index in [-0.39, 0.29) is 5.91 Å². The van der Waals surface area contributed by atoms with Gasteiger partial charge in [0.2, 0.25) is 5.91 Å². The minimum Gasteiger partial charge on any atom is -0.386 e. The zero-order valence-corrected chi connectivity index (χ0v) is 22.9. The van der Waals surface area contributed by atoms with Crippen molar-refractivity contribution in [1.29, 1.82) is 0 Å². The molecule has 5 nitrogen and oxygen atoms in total. The second-order valence-corrected chi connectivity index (χ2v) is 9.95. The largest absolute Gasteiger partial charge is 0.386 e. The normalized spacial score (nSPS) is 24.8. The summed E-state index contributed by atoms with van der Waals surface area (Å²) in [5, 5.41) is 3.65. The molecule has 2 heterocycles. The lowest BCUT2D eigenvalue weighted by molar-refractivity contribution is -0.128. The second-order valence-electron chi connectivity index (χ2n) is 9.10. The average molecular weight is 538 g/mol. The number of halogens is 1. The average Bonchev–Trinajstić information content (AvgIpc) is 2.95. The topological polar surface area (TPSA) is 57.1 Å². The van der Waals surface area contributed by atoms with Crippen molar-refractivity contribution in [2.75, 3.05) is 26.2 Å². The van der Waals surface area contributed by atoms with Crippen LogP contribution in [0.4, 0.5) is 0 Å². The third-order valence-corrected chi connectivity index (χ3v) is 7.16.